The first-order valence-electron chi connectivity index (χ1n) is 8.51. The Morgan fingerprint density at radius 3 is 2.96 bits per heavy atom. The monoisotopic (exact) mass is 387 g/mol. The Labute approximate surface area is 160 Å². The molecule has 1 aliphatic rings. The van der Waals surface area contributed by atoms with Gasteiger partial charge in [0, 0.05) is 10.6 Å². The molecule has 0 bridgehead atoms. The zero-order chi connectivity index (χ0) is 18.4. The van der Waals surface area contributed by atoms with E-state index in [-0.39, 0.29) is 10.8 Å². The molecule has 7 heteroatoms. The van der Waals surface area contributed by atoms with Crippen LogP contribution in [0.3, 0.4) is 0 Å². The van der Waals surface area contributed by atoms with Crippen molar-refractivity contribution in [3.63, 3.8) is 0 Å². The van der Waals surface area contributed by atoms with Gasteiger partial charge in [-0.15, -0.1) is 11.3 Å². The van der Waals surface area contributed by atoms with Crippen LogP contribution in [-0.4, -0.2) is 21.0 Å². The number of hydrogen-bond donors (Lipinski definition) is 2. The number of benzene rings is 1. The predicted molar refractivity (Wildman–Crippen MR) is 105 cm³/mol. The molecule has 26 heavy (non-hydrogen) atoms. The zero-order valence-electron chi connectivity index (χ0n) is 14.5. The summed E-state index contributed by atoms with van der Waals surface area (Å²) in [7, 11) is 0. The molecule has 0 saturated heterocycles. The SMILES string of the molecule is Cc1ccc(C(=O)O)cc1Nc1nc(Cl)nc2sc3c(c12)CCC(C)C3. The van der Waals surface area contributed by atoms with Crippen molar-refractivity contribution in [1.82, 2.24) is 9.97 Å². The maximum Gasteiger partial charge on any atom is 0.335 e. The second-order valence-electron chi connectivity index (χ2n) is 6.83. The third-order valence-corrected chi connectivity index (χ3v) is 6.18. The van der Waals surface area contributed by atoms with Crippen LogP contribution in [0.1, 0.15) is 39.7 Å². The largest absolute Gasteiger partial charge is 0.478 e. The highest BCUT2D eigenvalue weighted by molar-refractivity contribution is 7.19. The van der Waals surface area contributed by atoms with Gasteiger partial charge < -0.3 is 10.4 Å². The van der Waals surface area contributed by atoms with Gasteiger partial charge in [-0.3, -0.25) is 0 Å². The number of carboxylic acids is 1. The van der Waals surface area contributed by atoms with E-state index in [4.69, 9.17) is 11.6 Å². The molecule has 1 atom stereocenters. The van der Waals surface area contributed by atoms with Gasteiger partial charge in [-0.1, -0.05) is 13.0 Å². The van der Waals surface area contributed by atoms with Crippen LogP contribution in [0.2, 0.25) is 5.28 Å². The van der Waals surface area contributed by atoms with Gasteiger partial charge in [-0.25, -0.2) is 9.78 Å². The lowest BCUT2D eigenvalue weighted by atomic mass is 9.89. The smallest absolute Gasteiger partial charge is 0.335 e. The summed E-state index contributed by atoms with van der Waals surface area (Å²) in [5.41, 5.74) is 3.19. The summed E-state index contributed by atoms with van der Waals surface area (Å²) in [4.78, 5) is 22.4. The van der Waals surface area contributed by atoms with Crippen LogP contribution < -0.4 is 5.32 Å². The van der Waals surface area contributed by atoms with Crippen molar-refractivity contribution < 1.29 is 9.90 Å². The maximum atomic E-state index is 11.3. The average molecular weight is 388 g/mol. The van der Waals surface area contributed by atoms with Crippen LogP contribution >= 0.6 is 22.9 Å². The summed E-state index contributed by atoms with van der Waals surface area (Å²) >= 11 is 7.84. The van der Waals surface area contributed by atoms with Crippen LogP contribution in [0.4, 0.5) is 11.5 Å². The first kappa shape index (κ1) is 17.2. The fourth-order valence-corrected chi connectivity index (χ4v) is 5.03. The summed E-state index contributed by atoms with van der Waals surface area (Å²) in [5, 5.41) is 13.8. The Morgan fingerprint density at radius 2 is 2.19 bits per heavy atom. The van der Waals surface area contributed by atoms with Crippen molar-refractivity contribution in [2.75, 3.05) is 5.32 Å². The van der Waals surface area contributed by atoms with Gasteiger partial charge in [0.1, 0.15) is 10.6 Å². The van der Waals surface area contributed by atoms with Gasteiger partial charge in [-0.2, -0.15) is 4.98 Å². The lowest BCUT2D eigenvalue weighted by Gasteiger charge is -2.18. The highest BCUT2D eigenvalue weighted by atomic mass is 35.5. The number of anilines is 2. The third-order valence-electron chi connectivity index (χ3n) is 4.87. The molecule has 2 heterocycles. The van der Waals surface area contributed by atoms with Gasteiger partial charge in [0.2, 0.25) is 5.28 Å². The lowest BCUT2D eigenvalue weighted by Crippen LogP contribution is -2.09. The molecule has 1 unspecified atom stereocenters. The standard InChI is InChI=1S/C19H18ClN3O2S/c1-9-3-6-12-14(7-9)26-17-15(12)16(22-19(20)23-17)21-13-8-11(18(24)25)5-4-10(13)2/h4-5,8-9H,3,6-7H2,1-2H3,(H,24,25)(H,21,22,23). The Hall–Kier alpha value is -2.18. The fraction of sp³-hybridized carbons (Fsp3) is 0.316. The molecule has 0 radical (unpaired) electrons. The van der Waals surface area contributed by atoms with Crippen LogP contribution in [0.25, 0.3) is 10.2 Å². The Bertz CT molecular complexity index is 1030. The second kappa shape index (κ2) is 6.52. The number of aromatic nitrogens is 2. The average Bonchev–Trinajstić information content (AvgIpc) is 2.93. The summed E-state index contributed by atoms with van der Waals surface area (Å²) < 4.78 is 0. The van der Waals surface area contributed by atoms with E-state index in [2.05, 4.69) is 22.2 Å². The van der Waals surface area contributed by atoms with Crippen molar-refractivity contribution in [3.8, 4) is 0 Å². The first-order valence-corrected chi connectivity index (χ1v) is 9.70. The Kier molecular flexibility index (Phi) is 4.32. The minimum Gasteiger partial charge on any atom is -0.478 e. The van der Waals surface area contributed by atoms with Gasteiger partial charge in [0.25, 0.3) is 0 Å². The Balaban J connectivity index is 1.84. The number of aromatic carboxylic acids is 1. The molecule has 2 N–H and O–H groups in total. The summed E-state index contributed by atoms with van der Waals surface area (Å²) in [6, 6.07) is 5.01. The highest BCUT2D eigenvalue weighted by Crippen LogP contribution is 2.41. The molecule has 3 aromatic rings. The minimum atomic E-state index is -0.958. The van der Waals surface area contributed by atoms with E-state index in [1.54, 1.807) is 29.5 Å². The second-order valence-corrected chi connectivity index (χ2v) is 8.25. The molecule has 1 aliphatic carbocycles. The molecule has 2 aromatic heterocycles. The van der Waals surface area contributed by atoms with Gasteiger partial charge in [0.15, 0.2) is 0 Å². The lowest BCUT2D eigenvalue weighted by molar-refractivity contribution is 0.0697. The van der Waals surface area contributed by atoms with Crippen LogP contribution in [-0.2, 0) is 12.8 Å². The van der Waals surface area contributed by atoms with E-state index in [1.165, 1.54) is 10.4 Å². The van der Waals surface area contributed by atoms with Crippen molar-refractivity contribution in [2.45, 2.75) is 33.1 Å². The van der Waals surface area contributed by atoms with E-state index in [0.717, 1.165) is 35.0 Å². The number of carboxylic acid groups (broad SMARTS) is 1. The number of hydrogen-bond acceptors (Lipinski definition) is 5. The molecule has 1 aromatic carbocycles. The van der Waals surface area contributed by atoms with Gasteiger partial charge >= 0.3 is 5.97 Å². The molecular weight excluding hydrogens is 370 g/mol. The minimum absolute atomic E-state index is 0.193. The predicted octanol–water partition coefficient (Wildman–Crippen LogP) is 5.22. The van der Waals surface area contributed by atoms with E-state index in [9.17, 15) is 9.90 Å². The number of nitrogens with zero attached hydrogens (tertiary/aromatic N) is 2. The van der Waals surface area contributed by atoms with E-state index >= 15 is 0 Å². The summed E-state index contributed by atoms with van der Waals surface area (Å²) in [6.07, 6.45) is 3.21. The van der Waals surface area contributed by atoms with E-state index < -0.39 is 5.97 Å². The van der Waals surface area contributed by atoms with Gasteiger partial charge in [-0.05, 0) is 67.0 Å². The summed E-state index contributed by atoms with van der Waals surface area (Å²) in [6.45, 7) is 4.20. The number of rotatable bonds is 3. The number of halogens is 1. The number of nitrogens with one attached hydrogen (secondary N) is 1. The van der Waals surface area contributed by atoms with Crippen molar-refractivity contribution >= 4 is 50.6 Å². The van der Waals surface area contributed by atoms with E-state index in [1.807, 2.05) is 6.92 Å². The quantitative estimate of drug-likeness (QED) is 0.602. The molecule has 0 saturated carbocycles. The molecule has 134 valence electrons. The molecule has 4 rings (SSSR count). The fourth-order valence-electron chi connectivity index (χ4n) is 3.42. The molecule has 0 aliphatic heterocycles. The summed E-state index contributed by atoms with van der Waals surface area (Å²) in [5.74, 6) is 0.364. The molecule has 0 spiro atoms. The molecule has 0 fully saturated rings. The Morgan fingerprint density at radius 1 is 1.38 bits per heavy atom. The van der Waals surface area contributed by atoms with E-state index in [0.29, 0.717) is 17.4 Å². The van der Waals surface area contributed by atoms with Gasteiger partial charge in [0.05, 0.1) is 10.9 Å². The zero-order valence-corrected chi connectivity index (χ0v) is 16.0. The first-order chi connectivity index (χ1) is 12.4. The van der Waals surface area contributed by atoms with Crippen molar-refractivity contribution in [3.05, 3.63) is 45.1 Å². The number of thiophene rings is 1. The number of fused-ring (bicyclic) bond motifs is 3. The van der Waals surface area contributed by atoms with Crippen LogP contribution in [0, 0.1) is 12.8 Å². The normalized spacial score (nSPS) is 16.5. The molecule has 5 nitrogen and oxygen atoms in total. The van der Waals surface area contributed by atoms with Crippen molar-refractivity contribution in [1.29, 1.82) is 0 Å². The maximum absolute atomic E-state index is 11.3. The highest BCUT2D eigenvalue weighted by Gasteiger charge is 2.24. The number of aryl methyl sites for hydroxylation is 2. The van der Waals surface area contributed by atoms with Crippen molar-refractivity contribution in [2.24, 2.45) is 5.92 Å². The topological polar surface area (TPSA) is 75.1 Å². The van der Waals surface area contributed by atoms with Crippen LogP contribution in [0.15, 0.2) is 18.2 Å². The third kappa shape index (κ3) is 3.04. The number of carbonyl (C=O) groups is 1. The van der Waals surface area contributed by atoms with Crippen LogP contribution in [0.5, 0.6) is 0 Å². The molecular formula is C19H18ClN3O2S. The molecule has 0 amide bonds.